The van der Waals surface area contributed by atoms with Gasteiger partial charge in [-0.2, -0.15) is 0 Å². The van der Waals surface area contributed by atoms with Crippen molar-refractivity contribution in [3.63, 3.8) is 0 Å². The summed E-state index contributed by atoms with van der Waals surface area (Å²) >= 11 is 3.26. The molecule has 1 heterocycles. The van der Waals surface area contributed by atoms with E-state index in [1.54, 1.807) is 24.4 Å². The van der Waals surface area contributed by atoms with Gasteiger partial charge in [0.05, 0.1) is 11.1 Å². The summed E-state index contributed by atoms with van der Waals surface area (Å²) in [6.07, 6.45) is 1.68. The van der Waals surface area contributed by atoms with Crippen LogP contribution in [0.5, 0.6) is 0 Å². The molecule has 0 spiro atoms. The van der Waals surface area contributed by atoms with Crippen LogP contribution in [0.4, 0.5) is 0 Å². The zero-order valence-electron chi connectivity index (χ0n) is 7.07. The summed E-state index contributed by atoms with van der Waals surface area (Å²) in [7, 11) is 0. The minimum Gasteiger partial charge on any atom is -0.478 e. The molecule has 2 rings (SSSR count). The summed E-state index contributed by atoms with van der Waals surface area (Å²) in [6.45, 7) is 0. The number of aromatic nitrogens is 1. The van der Waals surface area contributed by atoms with E-state index in [2.05, 4.69) is 20.9 Å². The zero-order valence-corrected chi connectivity index (χ0v) is 8.65. The molecular formula is C10H6BrNO2. The Labute approximate surface area is 88.5 Å². The lowest BCUT2D eigenvalue weighted by Crippen LogP contribution is -1.97. The molecular weight excluding hydrogens is 246 g/mol. The minimum atomic E-state index is -0.942. The van der Waals surface area contributed by atoms with Gasteiger partial charge in [0.1, 0.15) is 0 Å². The van der Waals surface area contributed by atoms with E-state index in [1.807, 2.05) is 6.07 Å². The molecule has 3 nitrogen and oxygen atoms in total. The van der Waals surface area contributed by atoms with Crippen molar-refractivity contribution in [2.24, 2.45) is 0 Å². The van der Waals surface area contributed by atoms with E-state index >= 15 is 0 Å². The number of nitrogens with zero attached hydrogens (tertiary/aromatic N) is 1. The number of hydrogen-bond donors (Lipinski definition) is 1. The van der Waals surface area contributed by atoms with Gasteiger partial charge in [0.15, 0.2) is 0 Å². The molecule has 0 fully saturated rings. The summed E-state index contributed by atoms with van der Waals surface area (Å²) in [5.41, 5.74) is 1.04. The molecule has 14 heavy (non-hydrogen) atoms. The summed E-state index contributed by atoms with van der Waals surface area (Å²) in [4.78, 5) is 14.9. The minimum absolute atomic E-state index is 0.255. The number of benzene rings is 1. The van der Waals surface area contributed by atoms with Gasteiger partial charge in [-0.1, -0.05) is 6.07 Å². The van der Waals surface area contributed by atoms with Crippen LogP contribution in [-0.2, 0) is 0 Å². The van der Waals surface area contributed by atoms with Gasteiger partial charge in [0.25, 0.3) is 0 Å². The predicted octanol–water partition coefficient (Wildman–Crippen LogP) is 2.70. The first-order chi connectivity index (χ1) is 6.70. The summed E-state index contributed by atoms with van der Waals surface area (Å²) < 4.78 is 0.579. The molecule has 0 saturated heterocycles. The molecule has 0 bridgehead atoms. The summed E-state index contributed by atoms with van der Waals surface area (Å²) in [5.74, 6) is -0.942. The van der Waals surface area contributed by atoms with Crippen LogP contribution in [0.1, 0.15) is 10.4 Å². The topological polar surface area (TPSA) is 50.2 Å². The van der Waals surface area contributed by atoms with Crippen molar-refractivity contribution in [2.45, 2.75) is 0 Å². The Bertz CT molecular complexity index is 510. The van der Waals surface area contributed by atoms with Crippen molar-refractivity contribution < 1.29 is 9.90 Å². The van der Waals surface area contributed by atoms with E-state index in [-0.39, 0.29) is 5.56 Å². The number of carboxylic acids is 1. The largest absolute Gasteiger partial charge is 0.478 e. The maximum Gasteiger partial charge on any atom is 0.336 e. The van der Waals surface area contributed by atoms with E-state index in [0.29, 0.717) is 4.47 Å². The van der Waals surface area contributed by atoms with E-state index in [4.69, 9.17) is 5.11 Å². The van der Waals surface area contributed by atoms with Crippen LogP contribution >= 0.6 is 15.9 Å². The Morgan fingerprint density at radius 2 is 2.14 bits per heavy atom. The lowest BCUT2D eigenvalue weighted by Gasteiger charge is -2.02. The number of carboxylic acid groups (broad SMARTS) is 1. The number of carbonyl (C=O) groups is 1. The Morgan fingerprint density at radius 3 is 2.86 bits per heavy atom. The summed E-state index contributed by atoms with van der Waals surface area (Å²) in [5, 5.41) is 9.69. The van der Waals surface area contributed by atoms with Crippen molar-refractivity contribution in [3.05, 3.63) is 40.5 Å². The van der Waals surface area contributed by atoms with Crippen LogP contribution in [-0.4, -0.2) is 16.1 Å². The highest BCUT2D eigenvalue weighted by Gasteiger charge is 2.10. The number of rotatable bonds is 1. The quantitative estimate of drug-likeness (QED) is 0.848. The molecule has 70 valence electrons. The number of aromatic carboxylic acids is 1. The fourth-order valence-corrected chi connectivity index (χ4v) is 1.92. The Kier molecular flexibility index (Phi) is 2.21. The van der Waals surface area contributed by atoms with Crippen molar-refractivity contribution in [3.8, 4) is 0 Å². The SMILES string of the molecule is O=C(O)c1ccc2ncccc2c1Br. The fraction of sp³-hybridized carbons (Fsp3) is 0. The highest BCUT2D eigenvalue weighted by molar-refractivity contribution is 9.10. The third kappa shape index (κ3) is 1.37. The van der Waals surface area contributed by atoms with Crippen LogP contribution in [0.3, 0.4) is 0 Å². The molecule has 0 unspecified atom stereocenters. The average molecular weight is 252 g/mol. The molecule has 0 atom stereocenters. The highest BCUT2D eigenvalue weighted by atomic mass is 79.9. The first-order valence-corrected chi connectivity index (χ1v) is 4.76. The standard InChI is InChI=1S/C10H6BrNO2/c11-9-6-2-1-5-12-8(6)4-3-7(9)10(13)14/h1-5H,(H,13,14). The molecule has 0 radical (unpaired) electrons. The Morgan fingerprint density at radius 1 is 1.36 bits per heavy atom. The lowest BCUT2D eigenvalue weighted by molar-refractivity contribution is 0.0696. The number of pyridine rings is 1. The van der Waals surface area contributed by atoms with Gasteiger partial charge in [0, 0.05) is 16.1 Å². The van der Waals surface area contributed by atoms with Gasteiger partial charge >= 0.3 is 5.97 Å². The van der Waals surface area contributed by atoms with Gasteiger partial charge < -0.3 is 5.11 Å². The normalized spacial score (nSPS) is 10.4. The fourth-order valence-electron chi connectivity index (χ4n) is 1.28. The lowest BCUT2D eigenvalue weighted by atomic mass is 10.1. The first kappa shape index (κ1) is 9.15. The highest BCUT2D eigenvalue weighted by Crippen LogP contribution is 2.26. The van der Waals surface area contributed by atoms with Gasteiger partial charge in [-0.05, 0) is 34.1 Å². The van der Waals surface area contributed by atoms with Gasteiger partial charge in [-0.15, -0.1) is 0 Å². The summed E-state index contributed by atoms with van der Waals surface area (Å²) in [6, 6.07) is 6.85. The third-order valence-electron chi connectivity index (χ3n) is 1.95. The van der Waals surface area contributed by atoms with E-state index in [1.165, 1.54) is 0 Å². The molecule has 0 amide bonds. The molecule has 0 saturated carbocycles. The molecule has 2 aromatic rings. The Balaban J connectivity index is 2.81. The number of hydrogen-bond acceptors (Lipinski definition) is 2. The van der Waals surface area contributed by atoms with Crippen molar-refractivity contribution in [2.75, 3.05) is 0 Å². The van der Waals surface area contributed by atoms with Crippen molar-refractivity contribution in [1.82, 2.24) is 4.98 Å². The monoisotopic (exact) mass is 251 g/mol. The number of fused-ring (bicyclic) bond motifs is 1. The maximum atomic E-state index is 10.8. The number of halogens is 1. The van der Waals surface area contributed by atoms with Crippen LogP contribution in [0.25, 0.3) is 10.9 Å². The predicted molar refractivity (Wildman–Crippen MR) is 56.4 cm³/mol. The van der Waals surface area contributed by atoms with Crippen molar-refractivity contribution in [1.29, 1.82) is 0 Å². The first-order valence-electron chi connectivity index (χ1n) is 3.96. The Hall–Kier alpha value is -1.42. The second-order valence-electron chi connectivity index (χ2n) is 2.80. The maximum absolute atomic E-state index is 10.8. The van der Waals surface area contributed by atoms with Crippen LogP contribution in [0.15, 0.2) is 34.9 Å². The molecule has 0 aliphatic rings. The smallest absolute Gasteiger partial charge is 0.336 e. The average Bonchev–Trinajstić information content (AvgIpc) is 2.18. The van der Waals surface area contributed by atoms with Crippen LogP contribution in [0.2, 0.25) is 0 Å². The van der Waals surface area contributed by atoms with E-state index in [9.17, 15) is 4.79 Å². The third-order valence-corrected chi connectivity index (χ3v) is 2.80. The van der Waals surface area contributed by atoms with E-state index in [0.717, 1.165) is 10.9 Å². The molecule has 1 aromatic heterocycles. The molecule has 0 aliphatic carbocycles. The molecule has 1 aromatic carbocycles. The van der Waals surface area contributed by atoms with Crippen LogP contribution < -0.4 is 0 Å². The molecule has 1 N–H and O–H groups in total. The van der Waals surface area contributed by atoms with Gasteiger partial charge in [0.2, 0.25) is 0 Å². The second-order valence-corrected chi connectivity index (χ2v) is 3.60. The van der Waals surface area contributed by atoms with Gasteiger partial charge in [-0.3, -0.25) is 4.98 Å². The molecule has 0 aliphatic heterocycles. The van der Waals surface area contributed by atoms with Gasteiger partial charge in [-0.25, -0.2) is 4.79 Å². The van der Waals surface area contributed by atoms with Crippen molar-refractivity contribution >= 4 is 32.8 Å². The second kappa shape index (κ2) is 3.38. The zero-order chi connectivity index (χ0) is 10.1. The van der Waals surface area contributed by atoms with E-state index < -0.39 is 5.97 Å². The van der Waals surface area contributed by atoms with Crippen LogP contribution in [0, 0.1) is 0 Å². The molecule has 4 heteroatoms.